The van der Waals surface area contributed by atoms with E-state index in [1.165, 1.54) is 5.57 Å². The molecule has 0 N–H and O–H groups in total. The highest BCUT2D eigenvalue weighted by molar-refractivity contribution is 5.94. The molecule has 3 nitrogen and oxygen atoms in total. The van der Waals surface area contributed by atoms with E-state index in [0.717, 1.165) is 31.8 Å². The molecule has 2 heterocycles. The second-order valence-electron chi connectivity index (χ2n) is 3.98. The second-order valence-corrected chi connectivity index (χ2v) is 3.98. The number of carbonyl (C=O) groups is 1. The van der Waals surface area contributed by atoms with E-state index >= 15 is 0 Å². The predicted octanol–water partition coefficient (Wildman–Crippen LogP) is 0.994. The molecule has 0 aromatic heterocycles. The van der Waals surface area contributed by atoms with Gasteiger partial charge in [-0.05, 0) is 19.4 Å². The summed E-state index contributed by atoms with van der Waals surface area (Å²) >= 11 is 0. The van der Waals surface area contributed by atoms with E-state index in [1.54, 1.807) is 4.90 Å². The standard InChI is InChI=1S/C11H16N2O/c1-9-4-3-5-13-7-6-12(2)11(14)10(13)8-9/h4,8H,3,5-7H2,1-2H3. The van der Waals surface area contributed by atoms with Crippen molar-refractivity contribution in [2.75, 3.05) is 26.7 Å². The maximum Gasteiger partial charge on any atom is 0.269 e. The Bertz CT molecular complexity index is 317. The van der Waals surface area contributed by atoms with Gasteiger partial charge in [-0.15, -0.1) is 0 Å². The van der Waals surface area contributed by atoms with Crippen molar-refractivity contribution in [1.29, 1.82) is 0 Å². The van der Waals surface area contributed by atoms with Crippen molar-refractivity contribution in [3.63, 3.8) is 0 Å². The molecule has 0 aliphatic carbocycles. The lowest BCUT2D eigenvalue weighted by Crippen LogP contribution is -2.46. The number of likely N-dealkylation sites (N-methyl/N-ethyl adjacent to an activating group) is 1. The average molecular weight is 192 g/mol. The summed E-state index contributed by atoms with van der Waals surface area (Å²) in [5.74, 6) is 0.158. The van der Waals surface area contributed by atoms with Gasteiger partial charge in [0.15, 0.2) is 0 Å². The molecule has 2 aliphatic rings. The molecule has 2 aliphatic heterocycles. The Labute approximate surface area is 84.7 Å². The zero-order chi connectivity index (χ0) is 10.1. The third kappa shape index (κ3) is 1.54. The molecule has 0 bridgehead atoms. The van der Waals surface area contributed by atoms with Crippen LogP contribution in [0, 0.1) is 0 Å². The van der Waals surface area contributed by atoms with Gasteiger partial charge >= 0.3 is 0 Å². The minimum Gasteiger partial charge on any atom is -0.365 e. The van der Waals surface area contributed by atoms with Crippen LogP contribution in [0.15, 0.2) is 23.4 Å². The maximum atomic E-state index is 11.8. The minimum absolute atomic E-state index is 0.158. The van der Waals surface area contributed by atoms with Gasteiger partial charge in [0.1, 0.15) is 5.70 Å². The van der Waals surface area contributed by atoms with Crippen LogP contribution in [0.3, 0.4) is 0 Å². The van der Waals surface area contributed by atoms with Crippen LogP contribution in [-0.4, -0.2) is 42.4 Å². The second kappa shape index (κ2) is 3.48. The smallest absolute Gasteiger partial charge is 0.269 e. The van der Waals surface area contributed by atoms with E-state index in [1.807, 2.05) is 13.1 Å². The van der Waals surface area contributed by atoms with Crippen LogP contribution in [0.2, 0.25) is 0 Å². The molecular weight excluding hydrogens is 176 g/mol. The summed E-state index contributed by atoms with van der Waals surface area (Å²) in [5.41, 5.74) is 2.07. The van der Waals surface area contributed by atoms with E-state index in [2.05, 4.69) is 17.9 Å². The van der Waals surface area contributed by atoms with Crippen LogP contribution in [0.1, 0.15) is 13.3 Å². The van der Waals surface area contributed by atoms with E-state index in [9.17, 15) is 4.79 Å². The number of nitrogens with zero attached hydrogens (tertiary/aromatic N) is 2. The minimum atomic E-state index is 0.158. The fourth-order valence-electron chi connectivity index (χ4n) is 1.93. The number of hydrogen-bond donors (Lipinski definition) is 0. The summed E-state index contributed by atoms with van der Waals surface area (Å²) in [5, 5.41) is 0. The molecule has 76 valence electrons. The van der Waals surface area contributed by atoms with Gasteiger partial charge in [0.05, 0.1) is 0 Å². The van der Waals surface area contributed by atoms with Gasteiger partial charge < -0.3 is 9.80 Å². The molecule has 2 rings (SSSR count). The lowest BCUT2D eigenvalue weighted by Gasteiger charge is -2.34. The first-order valence-corrected chi connectivity index (χ1v) is 5.07. The third-order valence-corrected chi connectivity index (χ3v) is 2.84. The van der Waals surface area contributed by atoms with Crippen molar-refractivity contribution in [1.82, 2.24) is 9.80 Å². The number of piperazine rings is 1. The molecule has 0 saturated carbocycles. The Morgan fingerprint density at radius 3 is 2.86 bits per heavy atom. The first-order chi connectivity index (χ1) is 6.68. The van der Waals surface area contributed by atoms with Gasteiger partial charge in [0.25, 0.3) is 5.91 Å². The number of rotatable bonds is 0. The van der Waals surface area contributed by atoms with Gasteiger partial charge in [0, 0.05) is 26.7 Å². The maximum absolute atomic E-state index is 11.8. The van der Waals surface area contributed by atoms with Crippen molar-refractivity contribution in [3.05, 3.63) is 23.4 Å². The van der Waals surface area contributed by atoms with Crippen LogP contribution >= 0.6 is 0 Å². The Morgan fingerprint density at radius 2 is 2.07 bits per heavy atom. The fourth-order valence-corrected chi connectivity index (χ4v) is 1.93. The number of amides is 1. The highest BCUT2D eigenvalue weighted by Gasteiger charge is 2.26. The Balaban J connectivity index is 2.30. The molecule has 0 unspecified atom stereocenters. The number of fused-ring (bicyclic) bond motifs is 1. The quantitative estimate of drug-likeness (QED) is 0.571. The molecule has 0 radical (unpaired) electrons. The number of carbonyl (C=O) groups excluding carboxylic acids is 1. The monoisotopic (exact) mass is 192 g/mol. The fraction of sp³-hybridized carbons (Fsp3) is 0.545. The summed E-state index contributed by atoms with van der Waals surface area (Å²) in [6.07, 6.45) is 5.24. The lowest BCUT2D eigenvalue weighted by atomic mass is 10.2. The zero-order valence-electron chi connectivity index (χ0n) is 8.79. The Kier molecular flexibility index (Phi) is 2.32. The molecule has 1 amide bonds. The number of hydrogen-bond acceptors (Lipinski definition) is 2. The molecule has 0 aromatic carbocycles. The van der Waals surface area contributed by atoms with E-state index in [4.69, 9.17) is 0 Å². The molecule has 0 aromatic rings. The summed E-state index contributed by atoms with van der Waals surface area (Å²) < 4.78 is 0. The summed E-state index contributed by atoms with van der Waals surface area (Å²) in [4.78, 5) is 15.8. The van der Waals surface area contributed by atoms with E-state index in [0.29, 0.717) is 0 Å². The first-order valence-electron chi connectivity index (χ1n) is 5.07. The van der Waals surface area contributed by atoms with E-state index < -0.39 is 0 Å². The van der Waals surface area contributed by atoms with Gasteiger partial charge in [-0.2, -0.15) is 0 Å². The molecule has 1 fully saturated rings. The average Bonchev–Trinajstić information content (AvgIpc) is 2.34. The SMILES string of the molecule is CC1=CCCN2CCN(C)C(=O)C2=C1. The van der Waals surface area contributed by atoms with Crippen LogP contribution in [0.5, 0.6) is 0 Å². The first kappa shape index (κ1) is 9.31. The highest BCUT2D eigenvalue weighted by atomic mass is 16.2. The predicted molar refractivity (Wildman–Crippen MR) is 55.7 cm³/mol. The van der Waals surface area contributed by atoms with E-state index in [-0.39, 0.29) is 5.91 Å². The van der Waals surface area contributed by atoms with Crippen molar-refractivity contribution in [2.24, 2.45) is 0 Å². The highest BCUT2D eigenvalue weighted by Crippen LogP contribution is 2.19. The topological polar surface area (TPSA) is 23.6 Å². The molecule has 0 spiro atoms. The Hall–Kier alpha value is -1.25. The lowest BCUT2D eigenvalue weighted by molar-refractivity contribution is -0.130. The van der Waals surface area contributed by atoms with Gasteiger partial charge in [-0.3, -0.25) is 4.79 Å². The summed E-state index contributed by atoms with van der Waals surface area (Å²) in [6, 6.07) is 0. The molecule has 1 saturated heterocycles. The molecule has 14 heavy (non-hydrogen) atoms. The normalized spacial score (nSPS) is 22.6. The van der Waals surface area contributed by atoms with Gasteiger partial charge in [-0.25, -0.2) is 0 Å². The van der Waals surface area contributed by atoms with Gasteiger partial charge in [-0.1, -0.05) is 11.6 Å². The molecule has 3 heteroatoms. The largest absolute Gasteiger partial charge is 0.365 e. The Morgan fingerprint density at radius 1 is 1.29 bits per heavy atom. The summed E-state index contributed by atoms with van der Waals surface area (Å²) in [7, 11) is 1.87. The van der Waals surface area contributed by atoms with Crippen molar-refractivity contribution in [2.45, 2.75) is 13.3 Å². The van der Waals surface area contributed by atoms with Crippen LogP contribution in [0.25, 0.3) is 0 Å². The molecule has 0 atom stereocenters. The van der Waals surface area contributed by atoms with Crippen molar-refractivity contribution < 1.29 is 4.79 Å². The zero-order valence-corrected chi connectivity index (χ0v) is 8.79. The van der Waals surface area contributed by atoms with Crippen LogP contribution in [-0.2, 0) is 4.79 Å². The number of allylic oxidation sites excluding steroid dienone is 2. The third-order valence-electron chi connectivity index (χ3n) is 2.84. The summed E-state index contributed by atoms with van der Waals surface area (Å²) in [6.45, 7) is 4.84. The van der Waals surface area contributed by atoms with Gasteiger partial charge in [0.2, 0.25) is 0 Å². The van der Waals surface area contributed by atoms with Crippen LogP contribution < -0.4 is 0 Å². The van der Waals surface area contributed by atoms with Crippen LogP contribution in [0.4, 0.5) is 0 Å². The van der Waals surface area contributed by atoms with Crippen molar-refractivity contribution in [3.8, 4) is 0 Å². The van der Waals surface area contributed by atoms with Crippen molar-refractivity contribution >= 4 is 5.91 Å². The molecular formula is C11H16N2O.